The first-order valence-corrected chi connectivity index (χ1v) is 11.3. The molecule has 0 saturated heterocycles. The Morgan fingerprint density at radius 1 is 1.14 bits per heavy atom. The molecular formula is C20H26F4N2O2S. The average molecular weight is 434 g/mol. The van der Waals surface area contributed by atoms with Crippen LogP contribution < -0.4 is 4.72 Å². The molecular weight excluding hydrogens is 408 g/mol. The van der Waals surface area contributed by atoms with Crippen molar-refractivity contribution in [3.05, 3.63) is 35.3 Å². The van der Waals surface area contributed by atoms with E-state index in [-0.39, 0.29) is 22.8 Å². The quantitative estimate of drug-likeness (QED) is 0.606. The van der Waals surface area contributed by atoms with Crippen molar-refractivity contribution in [2.45, 2.75) is 70.5 Å². The topological polar surface area (TPSA) is 51.1 Å². The van der Waals surface area contributed by atoms with Crippen LogP contribution in [0.4, 0.5) is 17.6 Å². The highest BCUT2D eigenvalue weighted by Crippen LogP contribution is 2.41. The Morgan fingerprint density at radius 2 is 1.76 bits per heavy atom. The minimum Gasteiger partial charge on any atom is -0.347 e. The number of sulfonamides is 1. The second kappa shape index (κ2) is 7.58. The summed E-state index contributed by atoms with van der Waals surface area (Å²) in [5.74, 6) is -0.599. The average Bonchev–Trinajstić information content (AvgIpc) is 3.36. The maximum absolute atomic E-state index is 14.6. The van der Waals surface area contributed by atoms with Crippen molar-refractivity contribution in [2.24, 2.45) is 5.92 Å². The van der Waals surface area contributed by atoms with Crippen molar-refractivity contribution in [1.82, 2.24) is 9.29 Å². The summed E-state index contributed by atoms with van der Waals surface area (Å²) in [5.41, 5.74) is 0.611. The SMILES string of the molecule is CC(C)Cn1cc(C(NS(=O)(=O)C2CC2)C(F)(F)F)c2cc(F)c(C(C)C)cc21. The highest BCUT2D eigenvalue weighted by atomic mass is 32.2. The summed E-state index contributed by atoms with van der Waals surface area (Å²) in [7, 11) is -4.10. The van der Waals surface area contributed by atoms with Crippen molar-refractivity contribution in [3.8, 4) is 0 Å². The smallest absolute Gasteiger partial charge is 0.347 e. The summed E-state index contributed by atoms with van der Waals surface area (Å²) >= 11 is 0. The summed E-state index contributed by atoms with van der Waals surface area (Å²) < 4.78 is 84.3. The molecule has 29 heavy (non-hydrogen) atoms. The van der Waals surface area contributed by atoms with E-state index in [0.29, 0.717) is 30.5 Å². The molecule has 1 atom stereocenters. The van der Waals surface area contributed by atoms with Crippen LogP contribution in [0.5, 0.6) is 0 Å². The second-order valence-electron chi connectivity index (χ2n) is 8.51. The van der Waals surface area contributed by atoms with E-state index in [9.17, 15) is 26.0 Å². The Balaban J connectivity index is 2.20. The van der Waals surface area contributed by atoms with E-state index in [1.807, 2.05) is 32.4 Å². The van der Waals surface area contributed by atoms with E-state index in [1.165, 1.54) is 6.20 Å². The highest BCUT2D eigenvalue weighted by Gasteiger charge is 2.47. The normalized spacial score (nSPS) is 16.9. The third-order valence-corrected chi connectivity index (χ3v) is 7.01. The lowest BCUT2D eigenvalue weighted by Gasteiger charge is -2.21. The lowest BCUT2D eigenvalue weighted by Crippen LogP contribution is -2.39. The fourth-order valence-corrected chi connectivity index (χ4v) is 5.05. The molecule has 1 aromatic heterocycles. The fraction of sp³-hybridized carbons (Fsp3) is 0.600. The zero-order valence-corrected chi connectivity index (χ0v) is 17.7. The van der Waals surface area contributed by atoms with Crippen LogP contribution in [0.1, 0.15) is 63.6 Å². The summed E-state index contributed by atoms with van der Waals surface area (Å²) in [6, 6.07) is 0.249. The summed E-state index contributed by atoms with van der Waals surface area (Å²) in [6.45, 7) is 7.90. The molecule has 0 radical (unpaired) electrons. The number of fused-ring (bicyclic) bond motifs is 1. The van der Waals surface area contributed by atoms with E-state index >= 15 is 0 Å². The predicted octanol–water partition coefficient (Wildman–Crippen LogP) is 5.25. The Hall–Kier alpha value is -1.61. The Kier molecular flexibility index (Phi) is 5.77. The van der Waals surface area contributed by atoms with Gasteiger partial charge in [0.05, 0.1) is 5.25 Å². The molecule has 1 aliphatic carbocycles. The molecule has 1 aliphatic rings. The van der Waals surface area contributed by atoms with Gasteiger partial charge in [0.1, 0.15) is 11.9 Å². The van der Waals surface area contributed by atoms with Gasteiger partial charge in [0, 0.05) is 29.2 Å². The molecule has 3 rings (SSSR count). The van der Waals surface area contributed by atoms with Crippen molar-refractivity contribution in [2.75, 3.05) is 0 Å². The molecule has 1 unspecified atom stereocenters. The van der Waals surface area contributed by atoms with Gasteiger partial charge in [-0.2, -0.15) is 17.9 Å². The molecule has 9 heteroatoms. The number of rotatable bonds is 7. The Bertz CT molecular complexity index is 1010. The Morgan fingerprint density at radius 3 is 2.24 bits per heavy atom. The third kappa shape index (κ3) is 4.60. The number of hydrogen-bond acceptors (Lipinski definition) is 2. The van der Waals surface area contributed by atoms with Crippen molar-refractivity contribution >= 4 is 20.9 Å². The van der Waals surface area contributed by atoms with Gasteiger partial charge in [-0.3, -0.25) is 0 Å². The number of aromatic nitrogens is 1. The number of halogens is 4. The first-order chi connectivity index (χ1) is 13.3. The minimum atomic E-state index is -4.86. The van der Waals surface area contributed by atoms with Gasteiger partial charge in [-0.25, -0.2) is 12.8 Å². The zero-order chi connectivity index (χ0) is 21.7. The molecule has 1 heterocycles. The van der Waals surface area contributed by atoms with Crippen LogP contribution in [0, 0.1) is 11.7 Å². The van der Waals surface area contributed by atoms with Crippen molar-refractivity contribution in [3.63, 3.8) is 0 Å². The fourth-order valence-electron chi connectivity index (χ4n) is 3.52. The number of nitrogens with zero attached hydrogens (tertiary/aromatic N) is 1. The van der Waals surface area contributed by atoms with E-state index in [2.05, 4.69) is 0 Å². The number of alkyl halides is 3. The highest BCUT2D eigenvalue weighted by molar-refractivity contribution is 7.90. The predicted molar refractivity (Wildman–Crippen MR) is 105 cm³/mol. The van der Waals surface area contributed by atoms with Crippen LogP contribution >= 0.6 is 0 Å². The monoisotopic (exact) mass is 434 g/mol. The molecule has 1 N–H and O–H groups in total. The van der Waals surface area contributed by atoms with Crippen LogP contribution in [0.25, 0.3) is 10.9 Å². The van der Waals surface area contributed by atoms with E-state index < -0.39 is 33.3 Å². The van der Waals surface area contributed by atoms with Gasteiger partial charge >= 0.3 is 6.18 Å². The summed E-state index contributed by atoms with van der Waals surface area (Å²) in [5, 5.41) is -0.714. The standard InChI is InChI=1S/C20H26F4N2O2S/c1-11(2)9-26-10-16(15-7-17(21)14(12(3)4)8-18(15)26)19(20(22,23)24)25-29(27,28)13-5-6-13/h7-8,10-13,19,25H,5-6,9H2,1-4H3. The Labute approximate surface area is 168 Å². The molecule has 0 amide bonds. The molecule has 1 fully saturated rings. The third-order valence-electron chi connectivity index (χ3n) is 5.10. The minimum absolute atomic E-state index is 0.0772. The lowest BCUT2D eigenvalue weighted by molar-refractivity contribution is -0.152. The van der Waals surface area contributed by atoms with Crippen LogP contribution in [-0.2, 0) is 16.6 Å². The van der Waals surface area contributed by atoms with Crippen LogP contribution in [0.2, 0.25) is 0 Å². The molecule has 1 saturated carbocycles. The first-order valence-electron chi connectivity index (χ1n) is 9.71. The second-order valence-corrected chi connectivity index (χ2v) is 10.5. The summed E-state index contributed by atoms with van der Waals surface area (Å²) in [4.78, 5) is 0. The van der Waals surface area contributed by atoms with Crippen molar-refractivity contribution < 1.29 is 26.0 Å². The zero-order valence-electron chi connectivity index (χ0n) is 16.8. The molecule has 0 aliphatic heterocycles. The number of benzene rings is 1. The lowest BCUT2D eigenvalue weighted by atomic mass is 9.98. The molecule has 162 valence electrons. The molecule has 1 aromatic carbocycles. The van der Waals surface area contributed by atoms with Crippen LogP contribution in [0.15, 0.2) is 18.3 Å². The van der Waals surface area contributed by atoms with Crippen LogP contribution in [0.3, 0.4) is 0 Å². The van der Waals surface area contributed by atoms with E-state index in [1.54, 1.807) is 10.6 Å². The van der Waals surface area contributed by atoms with Gasteiger partial charge in [-0.15, -0.1) is 0 Å². The number of nitrogens with one attached hydrogen (secondary N) is 1. The largest absolute Gasteiger partial charge is 0.408 e. The maximum Gasteiger partial charge on any atom is 0.408 e. The first kappa shape index (κ1) is 22.1. The van der Waals surface area contributed by atoms with Gasteiger partial charge in [0.25, 0.3) is 0 Å². The van der Waals surface area contributed by atoms with Crippen LogP contribution in [-0.4, -0.2) is 24.4 Å². The van der Waals surface area contributed by atoms with E-state index in [4.69, 9.17) is 0 Å². The van der Waals surface area contributed by atoms with Crippen molar-refractivity contribution in [1.29, 1.82) is 0 Å². The molecule has 2 aromatic rings. The van der Waals surface area contributed by atoms with Gasteiger partial charge in [-0.05, 0) is 42.4 Å². The van der Waals surface area contributed by atoms with Gasteiger partial charge in [0.2, 0.25) is 10.0 Å². The van der Waals surface area contributed by atoms with Gasteiger partial charge in [0.15, 0.2) is 0 Å². The van der Waals surface area contributed by atoms with E-state index in [0.717, 1.165) is 6.07 Å². The molecule has 0 bridgehead atoms. The number of hydrogen-bond donors (Lipinski definition) is 1. The maximum atomic E-state index is 14.6. The van der Waals surface area contributed by atoms with Gasteiger partial charge < -0.3 is 4.57 Å². The summed E-state index contributed by atoms with van der Waals surface area (Å²) in [6.07, 6.45) is -2.85. The van der Waals surface area contributed by atoms with Gasteiger partial charge in [-0.1, -0.05) is 27.7 Å². The molecule has 4 nitrogen and oxygen atoms in total. The molecule has 0 spiro atoms.